The zero-order valence-corrected chi connectivity index (χ0v) is 16.8. The second-order valence-corrected chi connectivity index (χ2v) is 8.47. The molecule has 0 saturated heterocycles. The first-order valence-corrected chi connectivity index (χ1v) is 11.0. The van der Waals surface area contributed by atoms with Crippen LogP contribution in [0.1, 0.15) is 74.1 Å². The van der Waals surface area contributed by atoms with Crippen molar-refractivity contribution in [2.24, 2.45) is 0 Å². The molecule has 6 nitrogen and oxygen atoms in total. The summed E-state index contributed by atoms with van der Waals surface area (Å²) in [6.45, 7) is 0.572. The maximum Gasteiger partial charge on any atom is 0.290 e. The van der Waals surface area contributed by atoms with Crippen LogP contribution < -0.4 is 0 Å². The van der Waals surface area contributed by atoms with Crippen LogP contribution in [0.5, 0.6) is 0 Å². The molecule has 0 radical (unpaired) electrons. The van der Waals surface area contributed by atoms with Crippen LogP contribution >= 0.6 is 0 Å². The number of hydrogen-bond acceptors (Lipinski definition) is 4. The van der Waals surface area contributed by atoms with Gasteiger partial charge in [0.15, 0.2) is 5.76 Å². The highest BCUT2D eigenvalue weighted by atomic mass is 16.4. The summed E-state index contributed by atoms with van der Waals surface area (Å²) in [5.74, 6) is 1.34. The SMILES string of the molecule is O=C(c1ccc(Cn2ccc3ncnc-3c2)o1)N(C1CCCCC1)C1CCCC1. The number of rotatable bonds is 5. The fraction of sp³-hybridized carbons (Fsp3) is 0.522. The summed E-state index contributed by atoms with van der Waals surface area (Å²) in [5.41, 5.74) is 1.75. The summed E-state index contributed by atoms with van der Waals surface area (Å²) in [7, 11) is 0. The highest BCUT2D eigenvalue weighted by molar-refractivity contribution is 5.92. The minimum absolute atomic E-state index is 0.0809. The number of carbonyl (C=O) groups is 1. The van der Waals surface area contributed by atoms with Gasteiger partial charge in [-0.2, -0.15) is 0 Å². The van der Waals surface area contributed by atoms with Crippen LogP contribution in [0, 0.1) is 0 Å². The minimum Gasteiger partial charge on any atom is -0.454 e. The van der Waals surface area contributed by atoms with E-state index >= 15 is 0 Å². The Kier molecular flexibility index (Phi) is 5.08. The van der Waals surface area contributed by atoms with Gasteiger partial charge in [0.2, 0.25) is 0 Å². The number of pyridine rings is 1. The van der Waals surface area contributed by atoms with Crippen LogP contribution in [-0.4, -0.2) is 37.4 Å². The van der Waals surface area contributed by atoms with Gasteiger partial charge in [-0.1, -0.05) is 32.1 Å². The van der Waals surface area contributed by atoms with Crippen molar-refractivity contribution < 1.29 is 9.21 Å². The Morgan fingerprint density at radius 3 is 2.41 bits per heavy atom. The van der Waals surface area contributed by atoms with E-state index in [-0.39, 0.29) is 5.91 Å². The third-order valence-electron chi connectivity index (χ3n) is 6.50. The summed E-state index contributed by atoms with van der Waals surface area (Å²) in [5, 5.41) is 0. The molecule has 4 aliphatic rings. The molecule has 0 spiro atoms. The van der Waals surface area contributed by atoms with Gasteiger partial charge in [0.05, 0.1) is 12.2 Å². The molecular formula is C23H28N4O2. The molecule has 1 amide bonds. The predicted molar refractivity (Wildman–Crippen MR) is 110 cm³/mol. The van der Waals surface area contributed by atoms with Gasteiger partial charge in [0.25, 0.3) is 5.91 Å². The average Bonchev–Trinajstić information content (AvgIpc) is 3.51. The molecule has 5 rings (SSSR count). The lowest BCUT2D eigenvalue weighted by Gasteiger charge is -2.38. The Bertz CT molecular complexity index is 934. The number of carbonyl (C=O) groups excluding carboxylic acids is 1. The number of furan rings is 1. The van der Waals surface area contributed by atoms with Gasteiger partial charge in [0.1, 0.15) is 17.8 Å². The zero-order valence-electron chi connectivity index (χ0n) is 16.8. The van der Waals surface area contributed by atoms with Gasteiger partial charge in [-0.25, -0.2) is 9.97 Å². The van der Waals surface area contributed by atoms with Crippen molar-refractivity contribution in [2.75, 3.05) is 0 Å². The van der Waals surface area contributed by atoms with Crippen molar-refractivity contribution in [1.82, 2.24) is 19.4 Å². The summed E-state index contributed by atoms with van der Waals surface area (Å²) >= 11 is 0. The van der Waals surface area contributed by atoms with E-state index in [2.05, 4.69) is 14.9 Å². The van der Waals surface area contributed by atoms with Crippen molar-refractivity contribution in [3.63, 3.8) is 0 Å². The van der Waals surface area contributed by atoms with E-state index in [0.717, 1.165) is 42.8 Å². The van der Waals surface area contributed by atoms with Crippen molar-refractivity contribution in [2.45, 2.75) is 76.4 Å². The van der Waals surface area contributed by atoms with E-state index in [1.54, 1.807) is 6.33 Å². The molecule has 0 atom stereocenters. The lowest BCUT2D eigenvalue weighted by Crippen LogP contribution is -2.47. The van der Waals surface area contributed by atoms with Gasteiger partial charge in [-0.05, 0) is 43.9 Å². The summed E-state index contributed by atoms with van der Waals surface area (Å²) < 4.78 is 8.04. The normalized spacial score (nSPS) is 18.5. The third-order valence-corrected chi connectivity index (χ3v) is 6.50. The molecule has 0 bridgehead atoms. The lowest BCUT2D eigenvalue weighted by atomic mass is 9.92. The molecule has 2 aliphatic carbocycles. The maximum atomic E-state index is 13.4. The van der Waals surface area contributed by atoms with Crippen molar-refractivity contribution in [3.8, 4) is 11.4 Å². The number of amides is 1. The molecule has 6 heteroatoms. The number of imidazole rings is 1. The number of fused-ring (bicyclic) bond motifs is 1. The second kappa shape index (κ2) is 8.01. The standard InChI is InChI=1S/C23H28N4O2/c28-23(27(18-8-4-5-9-18)17-6-2-1-3-7-17)22-11-10-19(29-22)14-26-13-12-20-21(15-26)25-16-24-20/h10-13,15-18H,1-9,14H2. The van der Waals surface area contributed by atoms with E-state index in [1.165, 1.54) is 32.1 Å². The average molecular weight is 393 g/mol. The van der Waals surface area contributed by atoms with Crippen LogP contribution in [0.3, 0.4) is 0 Å². The molecule has 3 heterocycles. The summed E-state index contributed by atoms with van der Waals surface area (Å²) in [6, 6.07) is 6.48. The Morgan fingerprint density at radius 2 is 1.66 bits per heavy atom. The minimum atomic E-state index is 0.0809. The Balaban J connectivity index is 1.34. The fourth-order valence-corrected chi connectivity index (χ4v) is 5.03. The van der Waals surface area contributed by atoms with E-state index < -0.39 is 0 Å². The smallest absolute Gasteiger partial charge is 0.290 e. The molecule has 1 aromatic heterocycles. The number of hydrogen-bond donors (Lipinski definition) is 0. The Hall–Kier alpha value is -2.63. The Labute approximate surface area is 171 Å². The molecule has 0 unspecified atom stereocenters. The monoisotopic (exact) mass is 392 g/mol. The zero-order chi connectivity index (χ0) is 19.6. The quantitative estimate of drug-likeness (QED) is 0.629. The topological polar surface area (TPSA) is 64.2 Å². The highest BCUT2D eigenvalue weighted by Crippen LogP contribution is 2.32. The molecule has 0 aromatic carbocycles. The van der Waals surface area contributed by atoms with Crippen LogP contribution in [0.4, 0.5) is 0 Å². The van der Waals surface area contributed by atoms with Gasteiger partial charge < -0.3 is 13.9 Å². The molecule has 1 aromatic rings. The van der Waals surface area contributed by atoms with Crippen LogP contribution in [0.15, 0.2) is 41.3 Å². The maximum absolute atomic E-state index is 13.4. The van der Waals surface area contributed by atoms with Crippen LogP contribution in [0.25, 0.3) is 11.4 Å². The van der Waals surface area contributed by atoms with E-state index in [1.807, 2.05) is 35.2 Å². The second-order valence-electron chi connectivity index (χ2n) is 8.47. The molecule has 152 valence electrons. The lowest BCUT2D eigenvalue weighted by molar-refractivity contribution is 0.0484. The largest absolute Gasteiger partial charge is 0.454 e. The first kappa shape index (κ1) is 18.4. The first-order chi connectivity index (χ1) is 14.3. The van der Waals surface area contributed by atoms with E-state index in [0.29, 0.717) is 24.4 Å². The van der Waals surface area contributed by atoms with E-state index in [9.17, 15) is 4.79 Å². The fourth-order valence-electron chi connectivity index (χ4n) is 5.03. The molecule has 2 fully saturated rings. The molecule has 2 aliphatic heterocycles. The van der Waals surface area contributed by atoms with Gasteiger partial charge >= 0.3 is 0 Å². The van der Waals surface area contributed by atoms with Crippen molar-refractivity contribution >= 4 is 5.91 Å². The molecule has 29 heavy (non-hydrogen) atoms. The van der Waals surface area contributed by atoms with Gasteiger partial charge in [-0.3, -0.25) is 4.79 Å². The van der Waals surface area contributed by atoms with E-state index in [4.69, 9.17) is 4.42 Å². The third kappa shape index (κ3) is 3.80. The van der Waals surface area contributed by atoms with Gasteiger partial charge in [0, 0.05) is 24.5 Å². The number of aromatic nitrogens is 3. The van der Waals surface area contributed by atoms with Crippen LogP contribution in [-0.2, 0) is 6.54 Å². The van der Waals surface area contributed by atoms with Crippen LogP contribution in [0.2, 0.25) is 0 Å². The van der Waals surface area contributed by atoms with Crippen molar-refractivity contribution in [1.29, 1.82) is 0 Å². The molecule has 2 saturated carbocycles. The molecule has 0 N–H and O–H groups in total. The molecular weight excluding hydrogens is 364 g/mol. The predicted octanol–water partition coefficient (Wildman–Crippen LogP) is 4.74. The van der Waals surface area contributed by atoms with Gasteiger partial charge in [-0.15, -0.1) is 0 Å². The number of nitrogens with zero attached hydrogens (tertiary/aromatic N) is 4. The summed E-state index contributed by atoms with van der Waals surface area (Å²) in [6.07, 6.45) is 16.2. The van der Waals surface area contributed by atoms with Crippen molar-refractivity contribution in [3.05, 3.63) is 48.4 Å². The first-order valence-electron chi connectivity index (χ1n) is 11.0. The Morgan fingerprint density at radius 1 is 0.966 bits per heavy atom. The summed E-state index contributed by atoms with van der Waals surface area (Å²) in [4.78, 5) is 24.1. The highest BCUT2D eigenvalue weighted by Gasteiger charge is 2.35.